The van der Waals surface area contributed by atoms with Gasteiger partial charge in [0, 0.05) is 12.6 Å². The fraction of sp³-hybridized carbons (Fsp3) is 0.333. The molecular weight excluding hydrogens is 304 g/mol. The maximum Gasteiger partial charge on any atom is 0.319 e. The quantitative estimate of drug-likeness (QED) is 0.791. The lowest BCUT2D eigenvalue weighted by Crippen LogP contribution is -2.40. The first-order valence-corrected chi connectivity index (χ1v) is 7.37. The molecule has 22 heavy (non-hydrogen) atoms. The van der Waals surface area contributed by atoms with Gasteiger partial charge in [0.25, 0.3) is 0 Å². The number of para-hydroxylation sites is 1. The molecule has 118 valence electrons. The van der Waals surface area contributed by atoms with Gasteiger partial charge in [0.2, 0.25) is 0 Å². The first-order chi connectivity index (χ1) is 10.5. The first-order valence-electron chi connectivity index (χ1n) is 6.99. The van der Waals surface area contributed by atoms with Crippen LogP contribution in [0.4, 0.5) is 10.5 Å². The third-order valence-corrected chi connectivity index (χ3v) is 3.76. The van der Waals surface area contributed by atoms with E-state index in [1.165, 1.54) is 0 Å². The maximum atomic E-state index is 11.9. The number of aliphatic hydroxyl groups excluding tert-OH is 1. The number of rotatable bonds is 5. The second kappa shape index (κ2) is 7.29. The minimum atomic E-state index is -0.341. The SMILES string of the molecule is C[C@@H](CO)[C@@H](C)NC(=O)Nc1cnn(-c2ccccc2Cl)c1. The van der Waals surface area contributed by atoms with E-state index in [-0.39, 0.29) is 24.6 Å². The zero-order valence-corrected chi connectivity index (χ0v) is 13.2. The molecule has 0 radical (unpaired) electrons. The lowest BCUT2D eigenvalue weighted by Gasteiger charge is -2.19. The van der Waals surface area contributed by atoms with E-state index < -0.39 is 0 Å². The topological polar surface area (TPSA) is 79.2 Å². The lowest BCUT2D eigenvalue weighted by molar-refractivity contribution is 0.204. The molecule has 0 fully saturated rings. The van der Waals surface area contributed by atoms with Gasteiger partial charge in [-0.2, -0.15) is 5.10 Å². The van der Waals surface area contributed by atoms with Gasteiger partial charge >= 0.3 is 6.03 Å². The molecule has 0 bridgehead atoms. The third kappa shape index (κ3) is 3.99. The summed E-state index contributed by atoms with van der Waals surface area (Å²) in [6.45, 7) is 3.72. The summed E-state index contributed by atoms with van der Waals surface area (Å²) in [5, 5.41) is 19.3. The predicted molar refractivity (Wildman–Crippen MR) is 86.4 cm³/mol. The number of nitrogens with one attached hydrogen (secondary N) is 2. The van der Waals surface area contributed by atoms with Gasteiger partial charge in [-0.3, -0.25) is 0 Å². The van der Waals surface area contributed by atoms with Crippen LogP contribution in [0.15, 0.2) is 36.7 Å². The van der Waals surface area contributed by atoms with Gasteiger partial charge in [-0.25, -0.2) is 9.48 Å². The molecule has 2 amide bonds. The molecule has 7 heteroatoms. The van der Waals surface area contributed by atoms with E-state index in [0.717, 1.165) is 5.69 Å². The van der Waals surface area contributed by atoms with Crippen LogP contribution in [0.2, 0.25) is 5.02 Å². The monoisotopic (exact) mass is 322 g/mol. The Balaban J connectivity index is 2.01. The summed E-state index contributed by atoms with van der Waals surface area (Å²) in [4.78, 5) is 11.9. The molecule has 0 saturated carbocycles. The van der Waals surface area contributed by atoms with E-state index in [4.69, 9.17) is 16.7 Å². The highest BCUT2D eigenvalue weighted by atomic mass is 35.5. The minimum Gasteiger partial charge on any atom is -0.396 e. The second-order valence-corrected chi connectivity index (χ2v) is 5.58. The number of hydrogen-bond acceptors (Lipinski definition) is 3. The molecule has 2 rings (SSSR count). The van der Waals surface area contributed by atoms with Crippen molar-refractivity contribution in [2.45, 2.75) is 19.9 Å². The Morgan fingerprint density at radius 3 is 2.82 bits per heavy atom. The Kier molecular flexibility index (Phi) is 5.41. The third-order valence-electron chi connectivity index (χ3n) is 3.44. The lowest BCUT2D eigenvalue weighted by atomic mass is 10.1. The van der Waals surface area contributed by atoms with Crippen molar-refractivity contribution in [1.82, 2.24) is 15.1 Å². The average molecular weight is 323 g/mol. The molecule has 0 saturated heterocycles. The first kappa shape index (κ1) is 16.3. The Morgan fingerprint density at radius 1 is 1.41 bits per heavy atom. The molecule has 0 spiro atoms. The van der Waals surface area contributed by atoms with Crippen molar-refractivity contribution in [1.29, 1.82) is 0 Å². The van der Waals surface area contributed by atoms with Gasteiger partial charge in [0.1, 0.15) is 0 Å². The summed E-state index contributed by atoms with van der Waals surface area (Å²) in [7, 11) is 0. The zero-order valence-electron chi connectivity index (χ0n) is 12.5. The number of amides is 2. The van der Waals surface area contributed by atoms with E-state index >= 15 is 0 Å². The van der Waals surface area contributed by atoms with Crippen LogP contribution in [0.3, 0.4) is 0 Å². The Labute approximate surface area is 134 Å². The molecule has 0 aliphatic rings. The summed E-state index contributed by atoms with van der Waals surface area (Å²) in [5.74, 6) is -0.0170. The smallest absolute Gasteiger partial charge is 0.319 e. The van der Waals surface area contributed by atoms with E-state index in [9.17, 15) is 4.79 Å². The summed E-state index contributed by atoms with van der Waals surface area (Å²) in [6, 6.07) is 6.84. The summed E-state index contributed by atoms with van der Waals surface area (Å²) >= 11 is 6.11. The number of nitrogens with zero attached hydrogens (tertiary/aromatic N) is 2. The highest BCUT2D eigenvalue weighted by Crippen LogP contribution is 2.20. The number of anilines is 1. The Hall–Kier alpha value is -2.05. The number of halogens is 1. The van der Waals surface area contributed by atoms with Gasteiger partial charge in [0.15, 0.2) is 0 Å². The van der Waals surface area contributed by atoms with Crippen LogP contribution < -0.4 is 10.6 Å². The van der Waals surface area contributed by atoms with Crippen LogP contribution in [-0.4, -0.2) is 33.6 Å². The van der Waals surface area contributed by atoms with Crippen LogP contribution >= 0.6 is 11.6 Å². The number of carbonyl (C=O) groups is 1. The fourth-order valence-electron chi connectivity index (χ4n) is 1.83. The second-order valence-electron chi connectivity index (χ2n) is 5.17. The average Bonchev–Trinajstić information content (AvgIpc) is 2.94. The number of carbonyl (C=O) groups excluding carboxylic acids is 1. The molecule has 0 unspecified atom stereocenters. The summed E-state index contributed by atoms with van der Waals surface area (Å²) in [5.41, 5.74) is 1.29. The number of urea groups is 1. The summed E-state index contributed by atoms with van der Waals surface area (Å²) < 4.78 is 1.59. The van der Waals surface area contributed by atoms with Crippen LogP contribution in [-0.2, 0) is 0 Å². The van der Waals surface area contributed by atoms with Crippen molar-refractivity contribution >= 4 is 23.3 Å². The predicted octanol–water partition coefficient (Wildman–Crippen LogP) is 2.66. The van der Waals surface area contributed by atoms with Crippen LogP contribution in [0, 0.1) is 5.92 Å². The highest BCUT2D eigenvalue weighted by Gasteiger charge is 2.14. The zero-order chi connectivity index (χ0) is 16.1. The van der Waals surface area contributed by atoms with Gasteiger partial charge < -0.3 is 15.7 Å². The number of aromatic nitrogens is 2. The molecular formula is C15H19ClN4O2. The fourth-order valence-corrected chi connectivity index (χ4v) is 2.05. The molecule has 1 heterocycles. The molecule has 0 aliphatic carbocycles. The van der Waals surface area contributed by atoms with Crippen molar-refractivity contribution in [2.75, 3.05) is 11.9 Å². The Bertz CT molecular complexity index is 644. The van der Waals surface area contributed by atoms with E-state index in [1.54, 1.807) is 23.1 Å². The van der Waals surface area contributed by atoms with Crippen LogP contribution in [0.25, 0.3) is 5.69 Å². The van der Waals surface area contributed by atoms with Gasteiger partial charge in [-0.1, -0.05) is 30.7 Å². The van der Waals surface area contributed by atoms with Crippen molar-refractivity contribution in [3.63, 3.8) is 0 Å². The van der Waals surface area contributed by atoms with Crippen molar-refractivity contribution in [3.05, 3.63) is 41.7 Å². The normalized spacial score (nSPS) is 13.5. The molecule has 6 nitrogen and oxygen atoms in total. The summed E-state index contributed by atoms with van der Waals surface area (Å²) in [6.07, 6.45) is 3.23. The molecule has 0 aliphatic heterocycles. The van der Waals surface area contributed by atoms with E-state index in [2.05, 4.69) is 15.7 Å². The minimum absolute atomic E-state index is 0.0170. The Morgan fingerprint density at radius 2 is 2.14 bits per heavy atom. The largest absolute Gasteiger partial charge is 0.396 e. The molecule has 3 N–H and O–H groups in total. The molecule has 2 atom stereocenters. The van der Waals surface area contributed by atoms with Gasteiger partial charge in [-0.05, 0) is 25.0 Å². The molecule has 1 aromatic carbocycles. The maximum absolute atomic E-state index is 11.9. The van der Waals surface area contributed by atoms with Crippen LogP contribution in [0.1, 0.15) is 13.8 Å². The number of hydrogen-bond donors (Lipinski definition) is 3. The van der Waals surface area contributed by atoms with Crippen LogP contribution in [0.5, 0.6) is 0 Å². The van der Waals surface area contributed by atoms with Crippen molar-refractivity contribution in [2.24, 2.45) is 5.92 Å². The van der Waals surface area contributed by atoms with Crippen molar-refractivity contribution in [3.8, 4) is 5.69 Å². The number of benzene rings is 1. The van der Waals surface area contributed by atoms with Gasteiger partial charge in [-0.15, -0.1) is 0 Å². The molecule has 1 aromatic heterocycles. The van der Waals surface area contributed by atoms with E-state index in [0.29, 0.717) is 10.7 Å². The molecule has 2 aromatic rings. The van der Waals surface area contributed by atoms with Gasteiger partial charge in [0.05, 0.1) is 28.8 Å². The van der Waals surface area contributed by atoms with Crippen molar-refractivity contribution < 1.29 is 9.90 Å². The van der Waals surface area contributed by atoms with E-state index in [1.807, 2.05) is 32.0 Å². The standard InChI is InChI=1S/C15H19ClN4O2/c1-10(9-21)11(2)18-15(22)19-12-7-17-20(8-12)14-6-4-3-5-13(14)16/h3-8,10-11,21H,9H2,1-2H3,(H2,18,19,22)/t10-,11+/m0/s1. The highest BCUT2D eigenvalue weighted by molar-refractivity contribution is 6.32. The number of aliphatic hydroxyl groups is 1.